The monoisotopic (exact) mass is 333 g/mol. The highest BCUT2D eigenvalue weighted by Crippen LogP contribution is 2.30. The van der Waals surface area contributed by atoms with E-state index in [1.807, 2.05) is 0 Å². The third-order valence-corrected chi connectivity index (χ3v) is 3.81. The zero-order valence-corrected chi connectivity index (χ0v) is 14.4. The molecule has 0 saturated carbocycles. The van der Waals surface area contributed by atoms with Gasteiger partial charge in [0, 0.05) is 23.4 Å². The molecule has 0 saturated heterocycles. The molecule has 2 aromatic rings. The summed E-state index contributed by atoms with van der Waals surface area (Å²) in [5, 5.41) is 20.2. The van der Waals surface area contributed by atoms with Crippen LogP contribution in [0.5, 0.6) is 0 Å². The average molecular weight is 333 g/mol. The van der Waals surface area contributed by atoms with Gasteiger partial charge in [-0.15, -0.1) is 0 Å². The lowest BCUT2D eigenvalue weighted by atomic mass is 9.93. The van der Waals surface area contributed by atoms with E-state index >= 15 is 0 Å². The lowest BCUT2D eigenvalue weighted by molar-refractivity contribution is 0.0744. The van der Waals surface area contributed by atoms with Crippen LogP contribution in [0.4, 0.5) is 15.8 Å². The third-order valence-electron chi connectivity index (χ3n) is 3.81. The number of halogens is 1. The SMILES string of the molecule is CC(C)(O)c1cc(F)c(Cc2ccc(N)c(C(C)(C)O)n2)cc1N. The minimum absolute atomic E-state index is 0.200. The number of hydrogen-bond acceptors (Lipinski definition) is 5. The highest BCUT2D eigenvalue weighted by atomic mass is 19.1. The Morgan fingerprint density at radius 1 is 1.00 bits per heavy atom. The van der Waals surface area contributed by atoms with E-state index in [1.165, 1.54) is 12.1 Å². The Bertz CT molecular complexity index is 762. The minimum atomic E-state index is -1.23. The molecule has 0 aliphatic rings. The molecule has 0 atom stereocenters. The van der Waals surface area contributed by atoms with E-state index in [-0.39, 0.29) is 6.42 Å². The normalized spacial score (nSPS) is 12.5. The van der Waals surface area contributed by atoms with Crippen LogP contribution in [0.25, 0.3) is 0 Å². The molecule has 6 heteroatoms. The van der Waals surface area contributed by atoms with E-state index in [1.54, 1.807) is 39.8 Å². The van der Waals surface area contributed by atoms with Crippen LogP contribution in [0.1, 0.15) is 50.2 Å². The summed E-state index contributed by atoms with van der Waals surface area (Å²) in [5.41, 5.74) is 11.7. The number of aromatic nitrogens is 1. The summed E-state index contributed by atoms with van der Waals surface area (Å²) in [6.45, 7) is 6.28. The zero-order valence-electron chi connectivity index (χ0n) is 14.4. The minimum Gasteiger partial charge on any atom is -0.398 e. The van der Waals surface area contributed by atoms with Gasteiger partial charge in [-0.1, -0.05) is 0 Å². The van der Waals surface area contributed by atoms with Crippen LogP contribution in [0.2, 0.25) is 0 Å². The second-order valence-corrected chi connectivity index (χ2v) is 7.07. The first-order chi connectivity index (χ1) is 10.9. The van der Waals surface area contributed by atoms with Gasteiger partial charge in [0.15, 0.2) is 0 Å². The van der Waals surface area contributed by atoms with E-state index < -0.39 is 17.0 Å². The van der Waals surface area contributed by atoms with Crippen molar-refractivity contribution in [3.05, 3.63) is 52.6 Å². The Kier molecular flexibility index (Phi) is 4.57. The summed E-state index contributed by atoms with van der Waals surface area (Å²) < 4.78 is 14.4. The Balaban J connectivity index is 2.41. The summed E-state index contributed by atoms with van der Waals surface area (Å²) in [5.74, 6) is -0.468. The van der Waals surface area contributed by atoms with Gasteiger partial charge in [-0.2, -0.15) is 0 Å². The summed E-state index contributed by atoms with van der Waals surface area (Å²) in [6, 6.07) is 6.08. The van der Waals surface area contributed by atoms with Crippen molar-refractivity contribution in [2.45, 2.75) is 45.3 Å². The van der Waals surface area contributed by atoms with Gasteiger partial charge in [-0.05, 0) is 57.5 Å². The van der Waals surface area contributed by atoms with Gasteiger partial charge in [0.2, 0.25) is 0 Å². The van der Waals surface area contributed by atoms with E-state index in [0.717, 1.165) is 0 Å². The number of benzene rings is 1. The standard InChI is InChI=1S/C18H24FN3O2/c1-17(2,23)12-9-13(19)10(8-15(12)21)7-11-5-6-14(20)16(22-11)18(3,4)24/h5-6,8-9,23-24H,7,20-21H2,1-4H3. The Labute approximate surface area is 141 Å². The number of rotatable bonds is 4. The highest BCUT2D eigenvalue weighted by molar-refractivity contribution is 5.53. The molecule has 1 heterocycles. The molecule has 2 rings (SSSR count). The Morgan fingerprint density at radius 2 is 1.62 bits per heavy atom. The second-order valence-electron chi connectivity index (χ2n) is 7.07. The van der Waals surface area contributed by atoms with Crippen LogP contribution < -0.4 is 11.5 Å². The Morgan fingerprint density at radius 3 is 2.17 bits per heavy atom. The predicted molar refractivity (Wildman–Crippen MR) is 92.8 cm³/mol. The first-order valence-corrected chi connectivity index (χ1v) is 7.68. The van der Waals surface area contributed by atoms with Crippen molar-refractivity contribution in [3.8, 4) is 0 Å². The van der Waals surface area contributed by atoms with Gasteiger partial charge in [-0.25, -0.2) is 4.39 Å². The van der Waals surface area contributed by atoms with Crippen molar-refractivity contribution in [1.82, 2.24) is 4.98 Å². The van der Waals surface area contributed by atoms with Crippen molar-refractivity contribution in [2.75, 3.05) is 11.5 Å². The molecule has 1 aromatic heterocycles. The van der Waals surface area contributed by atoms with Crippen LogP contribution in [0, 0.1) is 5.82 Å². The van der Waals surface area contributed by atoms with Crippen LogP contribution >= 0.6 is 0 Å². The van der Waals surface area contributed by atoms with Crippen molar-refractivity contribution in [1.29, 1.82) is 0 Å². The number of pyridine rings is 1. The number of hydrogen-bond donors (Lipinski definition) is 4. The zero-order chi connectivity index (χ0) is 18.3. The van der Waals surface area contributed by atoms with Crippen LogP contribution in [0.15, 0.2) is 24.3 Å². The molecular weight excluding hydrogens is 309 g/mol. The summed E-state index contributed by atoms with van der Waals surface area (Å²) in [7, 11) is 0. The van der Waals surface area contributed by atoms with Gasteiger partial charge in [0.25, 0.3) is 0 Å². The number of nitrogens with zero attached hydrogens (tertiary/aromatic N) is 1. The number of nitrogens with two attached hydrogens (primary N) is 2. The summed E-state index contributed by atoms with van der Waals surface area (Å²) in [6.07, 6.45) is 0.200. The fourth-order valence-electron chi connectivity index (χ4n) is 2.60. The Hall–Kier alpha value is -2.18. The van der Waals surface area contributed by atoms with E-state index in [0.29, 0.717) is 33.9 Å². The second kappa shape index (κ2) is 6.03. The van der Waals surface area contributed by atoms with Gasteiger partial charge in [0.1, 0.15) is 11.4 Å². The van der Waals surface area contributed by atoms with Gasteiger partial charge >= 0.3 is 0 Å². The molecule has 0 fully saturated rings. The first kappa shape index (κ1) is 18.2. The molecule has 6 N–H and O–H groups in total. The van der Waals surface area contributed by atoms with Crippen molar-refractivity contribution >= 4 is 11.4 Å². The molecule has 0 amide bonds. The van der Waals surface area contributed by atoms with Crippen LogP contribution in [-0.4, -0.2) is 15.2 Å². The lowest BCUT2D eigenvalue weighted by Gasteiger charge is -2.21. The smallest absolute Gasteiger partial charge is 0.127 e. The maximum absolute atomic E-state index is 14.4. The summed E-state index contributed by atoms with van der Waals surface area (Å²) >= 11 is 0. The largest absolute Gasteiger partial charge is 0.398 e. The third kappa shape index (κ3) is 3.83. The molecule has 5 nitrogen and oxygen atoms in total. The van der Waals surface area contributed by atoms with Crippen molar-refractivity contribution < 1.29 is 14.6 Å². The maximum atomic E-state index is 14.4. The molecule has 0 aliphatic heterocycles. The topological polar surface area (TPSA) is 105 Å². The molecule has 130 valence electrons. The van der Waals surface area contributed by atoms with E-state index in [4.69, 9.17) is 11.5 Å². The van der Waals surface area contributed by atoms with Gasteiger partial charge < -0.3 is 21.7 Å². The summed E-state index contributed by atoms with van der Waals surface area (Å²) in [4.78, 5) is 4.35. The van der Waals surface area contributed by atoms with Gasteiger partial charge in [-0.3, -0.25) is 4.98 Å². The van der Waals surface area contributed by atoms with Crippen LogP contribution in [-0.2, 0) is 17.6 Å². The van der Waals surface area contributed by atoms with Crippen molar-refractivity contribution in [2.24, 2.45) is 0 Å². The molecular formula is C18H24FN3O2. The molecule has 1 aromatic carbocycles. The highest BCUT2D eigenvalue weighted by Gasteiger charge is 2.23. The number of nitrogen functional groups attached to an aromatic ring is 2. The van der Waals surface area contributed by atoms with Crippen molar-refractivity contribution in [3.63, 3.8) is 0 Å². The quantitative estimate of drug-likeness (QED) is 0.643. The molecule has 0 spiro atoms. The molecule has 0 bridgehead atoms. The molecule has 0 unspecified atom stereocenters. The number of aliphatic hydroxyl groups is 2. The maximum Gasteiger partial charge on any atom is 0.127 e. The molecule has 0 radical (unpaired) electrons. The van der Waals surface area contributed by atoms with E-state index in [9.17, 15) is 14.6 Å². The lowest BCUT2D eigenvalue weighted by Crippen LogP contribution is -2.21. The molecule has 0 aliphatic carbocycles. The van der Waals surface area contributed by atoms with E-state index in [2.05, 4.69) is 4.98 Å². The first-order valence-electron chi connectivity index (χ1n) is 7.68. The van der Waals surface area contributed by atoms with Gasteiger partial charge in [0.05, 0.1) is 17.0 Å². The predicted octanol–water partition coefficient (Wildman–Crippen LogP) is 2.43. The fraction of sp³-hybridized carbons (Fsp3) is 0.389. The fourth-order valence-corrected chi connectivity index (χ4v) is 2.60. The molecule has 24 heavy (non-hydrogen) atoms. The van der Waals surface area contributed by atoms with Crippen LogP contribution in [0.3, 0.4) is 0 Å². The average Bonchev–Trinajstić information content (AvgIpc) is 2.42. The number of anilines is 2.